The van der Waals surface area contributed by atoms with Gasteiger partial charge in [-0.3, -0.25) is 14.9 Å². The van der Waals surface area contributed by atoms with Gasteiger partial charge < -0.3 is 53.5 Å². The highest BCUT2D eigenvalue weighted by atomic mass is 16.7. The van der Waals surface area contributed by atoms with Crippen LogP contribution in [-0.4, -0.2) is 151 Å². The first-order valence-corrected chi connectivity index (χ1v) is 18.3. The van der Waals surface area contributed by atoms with Gasteiger partial charge in [0.15, 0.2) is 18.7 Å². The van der Waals surface area contributed by atoms with Crippen molar-refractivity contribution in [1.82, 2.24) is 15.1 Å². The number of carbonyl (C=O) groups excluding carboxylic acids is 2. The lowest BCUT2D eigenvalue weighted by Crippen LogP contribution is -2.61. The predicted molar refractivity (Wildman–Crippen MR) is 186 cm³/mol. The summed E-state index contributed by atoms with van der Waals surface area (Å²) in [4.78, 5) is 28.5. The molecule has 1 amide bonds. The molecule has 0 aromatic rings. The van der Waals surface area contributed by atoms with Gasteiger partial charge in [0.05, 0.1) is 30.0 Å². The van der Waals surface area contributed by atoms with Crippen molar-refractivity contribution in [3.63, 3.8) is 0 Å². The fraction of sp³-hybridized carbons (Fsp3) is 0.944. The van der Waals surface area contributed by atoms with Crippen molar-refractivity contribution in [3.05, 3.63) is 0 Å². The molecule has 0 aromatic carbocycles. The molecule has 0 bridgehead atoms. The summed E-state index contributed by atoms with van der Waals surface area (Å²) in [5, 5.41) is 38.5. The molecule has 14 heteroatoms. The number of methoxy groups -OCH3 is 1. The number of amides is 1. The van der Waals surface area contributed by atoms with Crippen molar-refractivity contribution in [1.29, 1.82) is 0 Å². The molecule has 3 heterocycles. The van der Waals surface area contributed by atoms with Crippen LogP contribution in [0, 0.1) is 17.8 Å². The number of hydrogen-bond acceptors (Lipinski definition) is 13. The molecule has 0 saturated carbocycles. The number of hydrogen-bond donors (Lipinski definition) is 4. The summed E-state index contributed by atoms with van der Waals surface area (Å²) in [6, 6.07) is -0.240. The zero-order valence-corrected chi connectivity index (χ0v) is 32.5. The van der Waals surface area contributed by atoms with Gasteiger partial charge in [0.1, 0.15) is 17.9 Å². The fourth-order valence-corrected chi connectivity index (χ4v) is 8.19. The van der Waals surface area contributed by atoms with E-state index < -0.39 is 78.3 Å². The fourth-order valence-electron chi connectivity index (χ4n) is 8.19. The molecule has 3 aliphatic heterocycles. The molecular weight excluding hydrogens is 650 g/mol. The normalized spacial score (nSPS) is 44.8. The molecule has 3 rings (SSSR count). The van der Waals surface area contributed by atoms with Crippen LogP contribution in [0.25, 0.3) is 0 Å². The molecule has 1 unspecified atom stereocenters. The van der Waals surface area contributed by atoms with E-state index in [0.29, 0.717) is 32.4 Å². The first-order valence-electron chi connectivity index (χ1n) is 18.3. The third kappa shape index (κ3) is 10.8. The molecule has 3 saturated heterocycles. The first-order chi connectivity index (χ1) is 23.2. The summed E-state index contributed by atoms with van der Waals surface area (Å²) in [7, 11) is 7.11. The monoisotopic (exact) mass is 717 g/mol. The molecule has 292 valence electrons. The Balaban J connectivity index is 2.07. The molecule has 3 fully saturated rings. The van der Waals surface area contributed by atoms with E-state index in [9.17, 15) is 24.9 Å². The third-order valence-corrected chi connectivity index (χ3v) is 10.9. The van der Waals surface area contributed by atoms with Crippen LogP contribution in [0.2, 0.25) is 0 Å². The van der Waals surface area contributed by atoms with E-state index in [1.807, 2.05) is 53.6 Å². The van der Waals surface area contributed by atoms with E-state index in [1.165, 1.54) is 6.92 Å². The lowest BCUT2D eigenvalue weighted by Gasteiger charge is -2.49. The third-order valence-electron chi connectivity index (χ3n) is 10.9. The second-order valence-corrected chi connectivity index (χ2v) is 15.9. The van der Waals surface area contributed by atoms with Gasteiger partial charge in [-0.2, -0.15) is 0 Å². The molecule has 14 nitrogen and oxygen atoms in total. The highest BCUT2D eigenvalue weighted by Crippen LogP contribution is 2.40. The number of nitrogens with one attached hydrogen (secondary N) is 1. The minimum Gasteiger partial charge on any atom is -0.457 e. The Kier molecular flexibility index (Phi) is 15.5. The Morgan fingerprint density at radius 1 is 1.02 bits per heavy atom. The summed E-state index contributed by atoms with van der Waals surface area (Å²) in [5.74, 6) is -1.75. The van der Waals surface area contributed by atoms with Crippen LogP contribution in [0.1, 0.15) is 87.5 Å². The SMILES string of the molecule is CO[C@]1(C)C[C@H](O[C@H]2[C@H](C)[C@@H](O[C@@H]3O[C@H](C)C[C@H](N(C)C)[C@H]3O)[C@](C)(O)C[C@@H](C)CN(C)C(=O)CCCNC(O)[C@@H]2C)O[C@@H](C)[C@@H]1OC(C)=O. The summed E-state index contributed by atoms with van der Waals surface area (Å²) >= 11 is 0. The number of ether oxygens (including phenoxy) is 6. The summed E-state index contributed by atoms with van der Waals surface area (Å²) in [6.07, 6.45) is -5.26. The van der Waals surface area contributed by atoms with Crippen LogP contribution in [0.5, 0.6) is 0 Å². The summed E-state index contributed by atoms with van der Waals surface area (Å²) < 4.78 is 37.5. The Morgan fingerprint density at radius 3 is 2.28 bits per heavy atom. The van der Waals surface area contributed by atoms with Crippen LogP contribution < -0.4 is 5.32 Å². The van der Waals surface area contributed by atoms with Gasteiger partial charge in [0.25, 0.3) is 0 Å². The number of rotatable bonds is 7. The van der Waals surface area contributed by atoms with Crippen molar-refractivity contribution in [2.45, 2.75) is 160 Å². The second kappa shape index (κ2) is 18.0. The van der Waals surface area contributed by atoms with Crippen LogP contribution in [-0.2, 0) is 38.0 Å². The van der Waals surface area contributed by atoms with E-state index in [-0.39, 0.29) is 36.8 Å². The number of nitrogens with zero attached hydrogens (tertiary/aromatic N) is 2. The van der Waals surface area contributed by atoms with Crippen molar-refractivity contribution >= 4 is 11.9 Å². The van der Waals surface area contributed by atoms with Gasteiger partial charge in [-0.05, 0) is 73.5 Å². The van der Waals surface area contributed by atoms with Crippen LogP contribution in [0.3, 0.4) is 0 Å². The molecule has 15 atom stereocenters. The topological polar surface area (TPSA) is 169 Å². The highest BCUT2D eigenvalue weighted by molar-refractivity contribution is 5.75. The van der Waals surface area contributed by atoms with Crippen molar-refractivity contribution in [3.8, 4) is 0 Å². The quantitative estimate of drug-likeness (QED) is 0.282. The molecule has 4 N–H and O–H groups in total. The Hall–Kier alpha value is -1.46. The van der Waals surface area contributed by atoms with E-state index in [2.05, 4.69) is 5.32 Å². The van der Waals surface area contributed by atoms with Crippen LogP contribution in [0.4, 0.5) is 0 Å². The average Bonchev–Trinajstić information content (AvgIpc) is 3.01. The standard InChI is InChI=1S/C36H67N3O11/c1-20-17-35(7,44)31(50-34-29(42)26(38(9)10)16-21(2)46-34)22(3)30(23(4)33(43)37-15-13-14-27(41)39(11)19-20)49-28-18-36(8,45-12)32(24(5)47-28)48-25(6)40/h20-24,26,28-34,37,42-44H,13-19H2,1-12H3/t20-,21-,22+,23-,24+,26+,28+,29-,30+,31-,32+,33?,34+,35-,36-/m1/s1. The number of carbonyl (C=O) groups is 2. The summed E-state index contributed by atoms with van der Waals surface area (Å²) in [5.41, 5.74) is -2.44. The van der Waals surface area contributed by atoms with Gasteiger partial charge in [0.2, 0.25) is 5.91 Å². The van der Waals surface area contributed by atoms with Crippen molar-refractivity contribution in [2.24, 2.45) is 17.8 Å². The van der Waals surface area contributed by atoms with Crippen LogP contribution in [0.15, 0.2) is 0 Å². The molecule has 0 aromatic heterocycles. The number of aliphatic hydroxyl groups excluding tert-OH is 2. The maximum atomic E-state index is 12.9. The molecular formula is C36H67N3O11. The lowest BCUT2D eigenvalue weighted by atomic mass is 9.77. The zero-order chi connectivity index (χ0) is 37.7. The second-order valence-electron chi connectivity index (χ2n) is 15.9. The average molecular weight is 718 g/mol. The predicted octanol–water partition coefficient (Wildman–Crippen LogP) is 1.86. The minimum absolute atomic E-state index is 0.0164. The molecule has 0 radical (unpaired) electrons. The van der Waals surface area contributed by atoms with E-state index in [0.717, 1.165) is 0 Å². The first kappa shape index (κ1) is 42.9. The van der Waals surface area contributed by atoms with Crippen molar-refractivity contribution < 1.29 is 53.3 Å². The largest absolute Gasteiger partial charge is 0.457 e. The highest BCUT2D eigenvalue weighted by Gasteiger charge is 2.52. The van der Waals surface area contributed by atoms with Crippen LogP contribution >= 0.6 is 0 Å². The van der Waals surface area contributed by atoms with Gasteiger partial charge in [-0.15, -0.1) is 0 Å². The molecule has 0 spiro atoms. The number of aliphatic hydroxyl groups is 3. The maximum Gasteiger partial charge on any atom is 0.303 e. The smallest absolute Gasteiger partial charge is 0.303 e. The van der Waals surface area contributed by atoms with Gasteiger partial charge >= 0.3 is 5.97 Å². The van der Waals surface area contributed by atoms with Crippen molar-refractivity contribution in [2.75, 3.05) is 41.3 Å². The molecule has 0 aliphatic carbocycles. The van der Waals surface area contributed by atoms with E-state index in [1.54, 1.807) is 32.9 Å². The maximum absolute atomic E-state index is 12.9. The van der Waals surface area contributed by atoms with E-state index in [4.69, 9.17) is 28.4 Å². The number of likely N-dealkylation sites (N-methyl/N-ethyl adjacent to an activating group) is 1. The van der Waals surface area contributed by atoms with Gasteiger partial charge in [-0.25, -0.2) is 0 Å². The van der Waals surface area contributed by atoms with Gasteiger partial charge in [-0.1, -0.05) is 20.8 Å². The Labute approximate surface area is 299 Å². The Bertz CT molecular complexity index is 1100. The molecule has 3 aliphatic rings. The van der Waals surface area contributed by atoms with E-state index >= 15 is 0 Å². The minimum atomic E-state index is -1.50. The molecule has 50 heavy (non-hydrogen) atoms. The number of esters is 1. The lowest BCUT2D eigenvalue weighted by molar-refractivity contribution is -0.321. The summed E-state index contributed by atoms with van der Waals surface area (Å²) in [6.45, 7) is 15.2. The van der Waals surface area contributed by atoms with Gasteiger partial charge in [0, 0.05) is 58.3 Å². The zero-order valence-electron chi connectivity index (χ0n) is 32.5. The Morgan fingerprint density at radius 2 is 1.68 bits per heavy atom.